The van der Waals surface area contributed by atoms with E-state index in [0.29, 0.717) is 37.2 Å². The fourth-order valence-corrected chi connectivity index (χ4v) is 5.17. The van der Waals surface area contributed by atoms with Crippen molar-refractivity contribution in [3.05, 3.63) is 68.6 Å². The summed E-state index contributed by atoms with van der Waals surface area (Å²) in [5, 5.41) is 3.73. The van der Waals surface area contributed by atoms with Crippen molar-refractivity contribution in [3.63, 3.8) is 0 Å². The maximum Gasteiger partial charge on any atom is 0.250 e. The van der Waals surface area contributed by atoms with Crippen LogP contribution in [0.3, 0.4) is 0 Å². The zero-order valence-electron chi connectivity index (χ0n) is 20.2. The van der Waals surface area contributed by atoms with E-state index in [1.54, 1.807) is 33.5 Å². The minimum absolute atomic E-state index is 0.0914. The summed E-state index contributed by atoms with van der Waals surface area (Å²) in [5.74, 6) is -0.541. The molecule has 8 heteroatoms. The lowest BCUT2D eigenvalue weighted by Gasteiger charge is -2.46. The van der Waals surface area contributed by atoms with E-state index in [1.165, 1.54) is 17.4 Å². The van der Waals surface area contributed by atoms with Gasteiger partial charge in [0.2, 0.25) is 5.91 Å². The minimum atomic E-state index is -0.854. The number of likely N-dealkylation sites (tertiary alicyclic amines) is 1. The summed E-state index contributed by atoms with van der Waals surface area (Å²) in [6, 6.07) is 9.90. The van der Waals surface area contributed by atoms with Crippen molar-refractivity contribution in [3.8, 4) is 0 Å². The molecule has 2 atom stereocenters. The van der Waals surface area contributed by atoms with Gasteiger partial charge in [0.25, 0.3) is 5.56 Å². The molecule has 1 aromatic heterocycles. The highest BCUT2D eigenvalue weighted by Gasteiger charge is 2.50. The summed E-state index contributed by atoms with van der Waals surface area (Å²) < 4.78 is 12.8. The molecular formula is C26H34ClN3O4. The van der Waals surface area contributed by atoms with Gasteiger partial charge in [0, 0.05) is 64.2 Å². The van der Waals surface area contributed by atoms with Gasteiger partial charge >= 0.3 is 0 Å². The maximum absolute atomic E-state index is 13.7. The molecule has 1 saturated carbocycles. The summed E-state index contributed by atoms with van der Waals surface area (Å²) >= 11 is 6.43. The maximum atomic E-state index is 13.7. The van der Waals surface area contributed by atoms with E-state index in [1.807, 2.05) is 24.3 Å². The van der Waals surface area contributed by atoms with Crippen LogP contribution in [0.5, 0.6) is 0 Å². The van der Waals surface area contributed by atoms with Gasteiger partial charge in [-0.1, -0.05) is 23.7 Å². The minimum Gasteiger partial charge on any atom is -0.384 e. The molecule has 0 bridgehead atoms. The fraction of sp³-hybridized carbons (Fsp3) is 0.538. The average molecular weight is 488 g/mol. The normalized spacial score (nSPS) is 23.1. The van der Waals surface area contributed by atoms with Crippen molar-refractivity contribution in [1.82, 2.24) is 14.8 Å². The van der Waals surface area contributed by atoms with Crippen LogP contribution in [0, 0.1) is 5.92 Å². The van der Waals surface area contributed by atoms with Crippen molar-refractivity contribution in [2.75, 3.05) is 33.9 Å². The third-order valence-corrected chi connectivity index (χ3v) is 7.61. The molecule has 2 unspecified atom stereocenters. The first-order valence-electron chi connectivity index (χ1n) is 11.9. The largest absolute Gasteiger partial charge is 0.384 e. The van der Waals surface area contributed by atoms with Crippen molar-refractivity contribution in [2.45, 2.75) is 43.9 Å². The lowest BCUT2D eigenvalue weighted by Crippen LogP contribution is -2.57. The number of amides is 1. The molecule has 4 rings (SSSR count). The predicted octanol–water partition coefficient (Wildman–Crippen LogP) is 2.87. The number of pyridine rings is 1. The first-order valence-corrected chi connectivity index (χ1v) is 12.3. The third kappa shape index (κ3) is 5.23. The monoisotopic (exact) mass is 487 g/mol. The van der Waals surface area contributed by atoms with Gasteiger partial charge in [0.05, 0.1) is 12.5 Å². The number of methoxy groups -OCH3 is 2. The highest BCUT2D eigenvalue weighted by atomic mass is 35.5. The van der Waals surface area contributed by atoms with E-state index < -0.39 is 11.5 Å². The Morgan fingerprint density at radius 2 is 2.03 bits per heavy atom. The van der Waals surface area contributed by atoms with Gasteiger partial charge in [0.1, 0.15) is 5.60 Å². The SMILES string of the molecule is COCCc1ccc(Cl)c(CNC(=O)C2CN(C3CC3)CCC2(OC)c2ccn(C)c(=O)c2)c1. The Morgan fingerprint density at radius 3 is 2.71 bits per heavy atom. The van der Waals surface area contributed by atoms with Crippen LogP contribution in [0.15, 0.2) is 41.3 Å². The van der Waals surface area contributed by atoms with Gasteiger partial charge in [-0.05, 0) is 54.5 Å². The summed E-state index contributed by atoms with van der Waals surface area (Å²) in [7, 11) is 5.04. The Morgan fingerprint density at radius 1 is 1.24 bits per heavy atom. The number of aromatic nitrogens is 1. The second kappa shape index (κ2) is 10.6. The summed E-state index contributed by atoms with van der Waals surface area (Å²) in [5.41, 5.74) is 1.77. The molecule has 1 saturated heterocycles. The number of benzene rings is 1. The van der Waals surface area contributed by atoms with E-state index in [4.69, 9.17) is 21.1 Å². The molecule has 2 aliphatic rings. The Bertz CT molecular complexity index is 1080. The van der Waals surface area contributed by atoms with Crippen LogP contribution in [-0.2, 0) is 39.9 Å². The number of hydrogen-bond donors (Lipinski definition) is 1. The fourth-order valence-electron chi connectivity index (χ4n) is 4.99. The van der Waals surface area contributed by atoms with Gasteiger partial charge in [0.15, 0.2) is 0 Å². The van der Waals surface area contributed by atoms with Gasteiger partial charge in [-0.15, -0.1) is 0 Å². The smallest absolute Gasteiger partial charge is 0.250 e. The molecule has 34 heavy (non-hydrogen) atoms. The van der Waals surface area contributed by atoms with Crippen molar-refractivity contribution in [1.29, 1.82) is 0 Å². The molecular weight excluding hydrogens is 454 g/mol. The van der Waals surface area contributed by atoms with Crippen LogP contribution in [0.1, 0.15) is 36.0 Å². The Balaban J connectivity index is 1.58. The van der Waals surface area contributed by atoms with Crippen LogP contribution in [0.4, 0.5) is 0 Å². The average Bonchev–Trinajstić information content (AvgIpc) is 3.69. The van der Waals surface area contributed by atoms with Crippen molar-refractivity contribution < 1.29 is 14.3 Å². The molecule has 184 valence electrons. The van der Waals surface area contributed by atoms with Crippen LogP contribution in [0.25, 0.3) is 0 Å². The first kappa shape index (κ1) is 24.9. The lowest BCUT2D eigenvalue weighted by molar-refractivity contribution is -0.151. The van der Waals surface area contributed by atoms with Crippen molar-refractivity contribution in [2.24, 2.45) is 13.0 Å². The molecule has 2 heterocycles. The molecule has 2 fully saturated rings. The number of carbonyl (C=O) groups is 1. The number of halogens is 1. The standard InChI is InChI=1S/C26H34ClN3O4/c1-29-11-8-20(15-24(29)31)26(34-3)10-12-30(21-5-6-21)17-22(26)25(32)28-16-19-14-18(9-13-33-2)4-7-23(19)27/h4,7-8,11,14-15,21-22H,5-6,9-10,12-13,16-17H2,1-3H3,(H,28,32). The molecule has 1 amide bonds. The Kier molecular flexibility index (Phi) is 7.77. The van der Waals surface area contributed by atoms with E-state index >= 15 is 0 Å². The topological polar surface area (TPSA) is 72.8 Å². The molecule has 1 N–H and O–H groups in total. The number of carbonyl (C=O) groups excluding carboxylic acids is 1. The second-order valence-corrected chi connectivity index (χ2v) is 9.78. The Hall–Kier alpha value is -2.19. The van der Waals surface area contributed by atoms with Crippen LogP contribution < -0.4 is 10.9 Å². The summed E-state index contributed by atoms with van der Waals surface area (Å²) in [6.07, 6.45) is 5.52. The lowest BCUT2D eigenvalue weighted by atomic mass is 9.75. The molecule has 7 nitrogen and oxygen atoms in total. The van der Waals surface area contributed by atoms with Crippen LogP contribution in [-0.4, -0.2) is 55.3 Å². The first-order chi connectivity index (χ1) is 16.4. The number of piperidine rings is 1. The number of ether oxygens (including phenoxy) is 2. The van der Waals surface area contributed by atoms with Gasteiger partial charge in [-0.25, -0.2) is 0 Å². The van der Waals surface area contributed by atoms with E-state index in [9.17, 15) is 9.59 Å². The summed E-state index contributed by atoms with van der Waals surface area (Å²) in [4.78, 5) is 28.5. The molecule has 1 aromatic carbocycles. The van der Waals surface area contributed by atoms with Crippen molar-refractivity contribution >= 4 is 17.5 Å². The summed E-state index contributed by atoms with van der Waals surface area (Å²) in [6.45, 7) is 2.39. The third-order valence-electron chi connectivity index (χ3n) is 7.25. The van der Waals surface area contributed by atoms with E-state index in [0.717, 1.165) is 29.7 Å². The van der Waals surface area contributed by atoms with Gasteiger partial charge < -0.3 is 19.4 Å². The molecule has 0 radical (unpaired) electrons. The predicted molar refractivity (Wildman–Crippen MR) is 132 cm³/mol. The zero-order valence-corrected chi connectivity index (χ0v) is 20.9. The van der Waals surface area contributed by atoms with E-state index in [-0.39, 0.29) is 11.5 Å². The second-order valence-electron chi connectivity index (χ2n) is 9.37. The van der Waals surface area contributed by atoms with Gasteiger partial charge in [-0.3, -0.25) is 14.5 Å². The molecule has 1 aliphatic carbocycles. The Labute approximate surface area is 206 Å². The number of hydrogen-bond acceptors (Lipinski definition) is 5. The number of rotatable bonds is 9. The number of nitrogens with zero attached hydrogens (tertiary/aromatic N) is 2. The molecule has 2 aromatic rings. The van der Waals surface area contributed by atoms with Crippen LogP contribution in [0.2, 0.25) is 5.02 Å². The highest BCUT2D eigenvalue weighted by Crippen LogP contribution is 2.43. The zero-order chi connectivity index (χ0) is 24.3. The van der Waals surface area contributed by atoms with Gasteiger partial charge in [-0.2, -0.15) is 0 Å². The number of nitrogens with one attached hydrogen (secondary N) is 1. The number of aryl methyl sites for hydroxylation is 1. The molecule has 0 spiro atoms. The van der Waals surface area contributed by atoms with Crippen LogP contribution >= 0.6 is 11.6 Å². The highest BCUT2D eigenvalue weighted by molar-refractivity contribution is 6.31. The molecule has 1 aliphatic heterocycles. The quantitative estimate of drug-likeness (QED) is 0.589. The van der Waals surface area contributed by atoms with E-state index in [2.05, 4.69) is 10.2 Å².